The molecule has 156 valence electrons. The van der Waals surface area contributed by atoms with Crippen molar-refractivity contribution in [3.05, 3.63) is 60.7 Å². The normalized spacial score (nSPS) is 18.2. The number of hydrogen-bond acceptors (Lipinski definition) is 3. The van der Waals surface area contributed by atoms with Crippen molar-refractivity contribution in [2.75, 3.05) is 13.2 Å². The van der Waals surface area contributed by atoms with E-state index in [2.05, 4.69) is 72.9 Å². The van der Waals surface area contributed by atoms with Gasteiger partial charge in [-0.2, -0.15) is 0 Å². The number of amides is 1. The average molecular weight is 412 g/mol. The smallest absolute Gasteiger partial charge is 0.216 e. The van der Waals surface area contributed by atoms with Crippen molar-refractivity contribution in [2.24, 2.45) is 0 Å². The lowest BCUT2D eigenvalue weighted by atomic mass is 10.2. The van der Waals surface area contributed by atoms with Crippen molar-refractivity contribution < 1.29 is 14.3 Å². The number of rotatable bonds is 9. The lowest BCUT2D eigenvalue weighted by Crippen LogP contribution is -2.70. The van der Waals surface area contributed by atoms with Crippen molar-refractivity contribution in [1.29, 1.82) is 0 Å². The second-order valence-corrected chi connectivity index (χ2v) is 12.4. The van der Waals surface area contributed by atoms with Gasteiger partial charge >= 0.3 is 0 Å². The Balaban J connectivity index is 1.85. The van der Waals surface area contributed by atoms with E-state index in [1.165, 1.54) is 16.8 Å². The molecule has 3 rings (SSSR count). The molecule has 1 amide bonds. The third kappa shape index (κ3) is 5.56. The lowest BCUT2D eigenvalue weighted by Gasteiger charge is -2.39. The quantitative estimate of drug-likeness (QED) is 0.509. The van der Waals surface area contributed by atoms with Gasteiger partial charge in [0.05, 0.1) is 0 Å². The zero-order chi connectivity index (χ0) is 20.5. The molecule has 2 atom stereocenters. The van der Waals surface area contributed by atoms with E-state index in [1.54, 1.807) is 6.92 Å². The van der Waals surface area contributed by atoms with E-state index in [0.29, 0.717) is 6.61 Å². The number of benzene rings is 2. The van der Waals surface area contributed by atoms with Crippen LogP contribution < -0.4 is 15.7 Å². The summed E-state index contributed by atoms with van der Waals surface area (Å²) in [5, 5.41) is 5.93. The average Bonchev–Trinajstić information content (AvgIpc) is 2.75. The van der Waals surface area contributed by atoms with Crippen LogP contribution in [0.3, 0.4) is 0 Å². The Morgan fingerprint density at radius 3 is 2.24 bits per heavy atom. The summed E-state index contributed by atoms with van der Waals surface area (Å²) in [7, 11) is -2.25. The Morgan fingerprint density at radius 1 is 1.10 bits per heavy atom. The molecule has 1 heterocycles. The van der Waals surface area contributed by atoms with Gasteiger partial charge in [0, 0.05) is 25.8 Å². The molecule has 1 aliphatic rings. The standard InChI is InChI=1S/C24H33NO3Si/c1-20(26)25-21(2)29(22-12-5-3-6-13-22,23-14-7-4-8-15-23)19-11-18-28-24-16-9-10-17-27-24/h3-8,12-15,21,24H,9-11,16-19H2,1-2H3,(H,25,26). The summed E-state index contributed by atoms with van der Waals surface area (Å²) in [6, 6.07) is 22.4. The third-order valence-electron chi connectivity index (χ3n) is 5.89. The monoisotopic (exact) mass is 411 g/mol. The second-order valence-electron chi connectivity index (χ2n) is 7.90. The van der Waals surface area contributed by atoms with Gasteiger partial charge in [-0.3, -0.25) is 4.79 Å². The van der Waals surface area contributed by atoms with Crippen molar-refractivity contribution in [3.63, 3.8) is 0 Å². The largest absolute Gasteiger partial charge is 0.356 e. The molecule has 1 saturated heterocycles. The topological polar surface area (TPSA) is 47.6 Å². The van der Waals surface area contributed by atoms with Crippen LogP contribution in [-0.2, 0) is 14.3 Å². The Bertz CT molecular complexity index is 708. The number of ether oxygens (including phenoxy) is 2. The number of nitrogens with one attached hydrogen (secondary N) is 1. The van der Waals surface area contributed by atoms with Gasteiger partial charge in [0.15, 0.2) is 6.29 Å². The van der Waals surface area contributed by atoms with Crippen LogP contribution in [-0.4, -0.2) is 39.1 Å². The van der Waals surface area contributed by atoms with Gasteiger partial charge < -0.3 is 14.8 Å². The molecule has 0 aliphatic carbocycles. The van der Waals surface area contributed by atoms with E-state index in [9.17, 15) is 4.79 Å². The van der Waals surface area contributed by atoms with Gasteiger partial charge in [-0.25, -0.2) is 0 Å². The zero-order valence-electron chi connectivity index (χ0n) is 17.6. The molecule has 4 nitrogen and oxygen atoms in total. The van der Waals surface area contributed by atoms with E-state index in [-0.39, 0.29) is 17.9 Å². The molecule has 0 bridgehead atoms. The van der Waals surface area contributed by atoms with Crippen molar-refractivity contribution >= 4 is 24.4 Å². The summed E-state index contributed by atoms with van der Waals surface area (Å²) in [4.78, 5) is 12.0. The molecular weight excluding hydrogens is 378 g/mol. The Morgan fingerprint density at radius 2 is 1.72 bits per heavy atom. The van der Waals surface area contributed by atoms with Crippen LogP contribution in [0.15, 0.2) is 60.7 Å². The van der Waals surface area contributed by atoms with Crippen molar-refractivity contribution in [2.45, 2.75) is 57.5 Å². The van der Waals surface area contributed by atoms with Crippen LogP contribution in [0.25, 0.3) is 0 Å². The van der Waals surface area contributed by atoms with Gasteiger partial charge in [-0.15, -0.1) is 0 Å². The molecule has 0 radical (unpaired) electrons. The molecule has 1 aliphatic heterocycles. The van der Waals surface area contributed by atoms with Gasteiger partial charge in [0.2, 0.25) is 5.91 Å². The minimum Gasteiger partial charge on any atom is -0.356 e. The molecule has 2 unspecified atom stereocenters. The van der Waals surface area contributed by atoms with E-state index in [4.69, 9.17) is 9.47 Å². The fourth-order valence-corrected chi connectivity index (χ4v) is 9.55. The summed E-state index contributed by atoms with van der Waals surface area (Å²) >= 11 is 0. The van der Waals surface area contributed by atoms with E-state index >= 15 is 0 Å². The molecule has 2 aromatic carbocycles. The van der Waals surface area contributed by atoms with E-state index in [1.807, 2.05) is 0 Å². The molecule has 2 aromatic rings. The number of carbonyl (C=O) groups excluding carboxylic acids is 1. The van der Waals surface area contributed by atoms with Gasteiger partial charge in [0.1, 0.15) is 8.07 Å². The van der Waals surface area contributed by atoms with Crippen LogP contribution in [0.5, 0.6) is 0 Å². The van der Waals surface area contributed by atoms with Gasteiger partial charge in [-0.1, -0.05) is 71.0 Å². The molecule has 1 N–H and O–H groups in total. The lowest BCUT2D eigenvalue weighted by molar-refractivity contribution is -0.162. The Kier molecular flexibility index (Phi) is 8.04. The first-order chi connectivity index (χ1) is 14.1. The van der Waals surface area contributed by atoms with E-state index in [0.717, 1.165) is 31.9 Å². The van der Waals surface area contributed by atoms with Crippen molar-refractivity contribution in [3.8, 4) is 0 Å². The highest BCUT2D eigenvalue weighted by atomic mass is 28.3. The predicted molar refractivity (Wildman–Crippen MR) is 120 cm³/mol. The van der Waals surface area contributed by atoms with E-state index < -0.39 is 8.07 Å². The van der Waals surface area contributed by atoms with Crippen LogP contribution in [0, 0.1) is 0 Å². The summed E-state index contributed by atoms with van der Waals surface area (Å²) in [5.41, 5.74) is 0.0794. The molecule has 0 spiro atoms. The molecule has 29 heavy (non-hydrogen) atoms. The summed E-state index contributed by atoms with van der Waals surface area (Å²) in [6.07, 6.45) is 4.19. The first kappa shape index (κ1) is 21.7. The molecule has 1 fully saturated rings. The van der Waals surface area contributed by atoms with Gasteiger partial charge in [-0.05, 0) is 38.7 Å². The van der Waals surface area contributed by atoms with Crippen LogP contribution in [0.1, 0.15) is 39.5 Å². The number of hydrogen-bond donors (Lipinski definition) is 1. The maximum Gasteiger partial charge on any atom is 0.216 e. The molecule has 0 saturated carbocycles. The van der Waals surface area contributed by atoms with Crippen molar-refractivity contribution in [1.82, 2.24) is 5.32 Å². The third-order valence-corrected chi connectivity index (χ3v) is 11.4. The highest BCUT2D eigenvalue weighted by Crippen LogP contribution is 2.20. The molecular formula is C24H33NO3Si. The van der Waals surface area contributed by atoms with Crippen LogP contribution in [0.4, 0.5) is 0 Å². The maximum absolute atomic E-state index is 12.0. The van der Waals surface area contributed by atoms with Crippen LogP contribution in [0.2, 0.25) is 6.04 Å². The highest BCUT2D eigenvalue weighted by Gasteiger charge is 2.42. The summed E-state index contributed by atoms with van der Waals surface area (Å²) < 4.78 is 11.7. The number of carbonyl (C=O) groups is 1. The second kappa shape index (κ2) is 10.7. The summed E-state index contributed by atoms with van der Waals surface area (Å²) in [5.74, 6) is 0.0214. The maximum atomic E-state index is 12.0. The minimum absolute atomic E-state index is 0.0214. The Labute approximate surface area is 175 Å². The fourth-order valence-electron chi connectivity index (χ4n) is 4.48. The SMILES string of the molecule is CC(=O)NC(C)[Si](CCCOC1CCCCO1)(c1ccccc1)c1ccccc1. The van der Waals surface area contributed by atoms with Crippen LogP contribution >= 0.6 is 0 Å². The fraction of sp³-hybridized carbons (Fsp3) is 0.458. The molecule has 0 aromatic heterocycles. The molecule has 5 heteroatoms. The van der Waals surface area contributed by atoms with Gasteiger partial charge in [0.25, 0.3) is 0 Å². The highest BCUT2D eigenvalue weighted by molar-refractivity contribution is 7.03. The minimum atomic E-state index is -2.25. The zero-order valence-corrected chi connectivity index (χ0v) is 18.6. The Hall–Kier alpha value is -1.95. The first-order valence-corrected chi connectivity index (χ1v) is 13.0. The summed E-state index contributed by atoms with van der Waals surface area (Å²) in [6.45, 7) is 5.26. The first-order valence-electron chi connectivity index (χ1n) is 10.7. The predicted octanol–water partition coefficient (Wildman–Crippen LogP) is 3.25.